The van der Waals surface area contributed by atoms with E-state index in [1.165, 1.54) is 52.3 Å². The second-order valence-electron chi connectivity index (χ2n) is 6.62. The number of aryl methyl sites for hydroxylation is 1. The van der Waals surface area contributed by atoms with Crippen LogP contribution in [0.1, 0.15) is 56.6 Å². The lowest BCUT2D eigenvalue weighted by molar-refractivity contribution is 0.0702. The first-order valence-corrected chi connectivity index (χ1v) is 9.01. The fraction of sp³-hybridized carbons (Fsp3) is 0.529. The predicted molar refractivity (Wildman–Crippen MR) is 88.9 cm³/mol. The minimum Gasteiger partial charge on any atom is -0.477 e. The molecule has 4 rings (SSSR count). The van der Waals surface area contributed by atoms with E-state index in [0.29, 0.717) is 10.8 Å². The van der Waals surface area contributed by atoms with Gasteiger partial charge in [-0.15, -0.1) is 11.3 Å². The van der Waals surface area contributed by atoms with Gasteiger partial charge in [0, 0.05) is 31.6 Å². The third-order valence-corrected chi connectivity index (χ3v) is 6.33. The van der Waals surface area contributed by atoms with Crippen LogP contribution in [0.2, 0.25) is 0 Å². The highest BCUT2D eigenvalue weighted by Gasteiger charge is 2.27. The quantitative estimate of drug-likeness (QED) is 0.936. The van der Waals surface area contributed by atoms with Gasteiger partial charge in [0.1, 0.15) is 4.88 Å². The summed E-state index contributed by atoms with van der Waals surface area (Å²) in [6.45, 7) is 2.74. The van der Waals surface area contributed by atoms with Crippen LogP contribution >= 0.6 is 11.3 Å². The van der Waals surface area contributed by atoms with E-state index in [1.54, 1.807) is 0 Å². The fourth-order valence-electron chi connectivity index (χ4n) is 3.56. The lowest BCUT2D eigenvalue weighted by Gasteiger charge is -2.30. The van der Waals surface area contributed by atoms with E-state index in [9.17, 15) is 4.79 Å². The molecule has 2 aromatic heterocycles. The van der Waals surface area contributed by atoms with Gasteiger partial charge in [0.15, 0.2) is 0 Å². The average Bonchev–Trinajstić information content (AvgIpc) is 3.03. The number of thiophene rings is 1. The Kier molecular flexibility index (Phi) is 3.73. The number of carbonyl (C=O) groups is 1. The van der Waals surface area contributed by atoms with E-state index in [0.717, 1.165) is 26.1 Å². The molecule has 0 amide bonds. The van der Waals surface area contributed by atoms with Gasteiger partial charge in [0.25, 0.3) is 0 Å². The number of fused-ring (bicyclic) bond motifs is 1. The van der Waals surface area contributed by atoms with Crippen molar-refractivity contribution in [1.29, 1.82) is 0 Å². The van der Waals surface area contributed by atoms with Gasteiger partial charge in [-0.3, -0.25) is 9.58 Å². The number of hydrogen-bond acceptors (Lipinski definition) is 4. The van der Waals surface area contributed by atoms with Crippen molar-refractivity contribution >= 4 is 17.3 Å². The highest BCUT2D eigenvalue weighted by Crippen LogP contribution is 2.38. The van der Waals surface area contributed by atoms with E-state index < -0.39 is 5.97 Å². The molecule has 1 fully saturated rings. The number of aromatic nitrogens is 2. The lowest BCUT2D eigenvalue weighted by atomic mass is 9.80. The molecule has 0 unspecified atom stereocenters. The third kappa shape index (κ3) is 2.70. The van der Waals surface area contributed by atoms with E-state index in [4.69, 9.17) is 5.11 Å². The minimum atomic E-state index is -0.810. The molecule has 0 radical (unpaired) electrons. The molecule has 1 saturated carbocycles. The topological polar surface area (TPSA) is 58.4 Å². The molecule has 1 N–H and O–H groups in total. The zero-order valence-corrected chi connectivity index (χ0v) is 14.1. The summed E-state index contributed by atoms with van der Waals surface area (Å²) < 4.78 is 2.01. The van der Waals surface area contributed by atoms with Crippen LogP contribution in [0.15, 0.2) is 12.3 Å². The smallest absolute Gasteiger partial charge is 0.345 e. The van der Waals surface area contributed by atoms with Crippen molar-refractivity contribution in [3.05, 3.63) is 38.8 Å². The Balaban J connectivity index is 1.52. The van der Waals surface area contributed by atoms with Crippen molar-refractivity contribution in [2.45, 2.75) is 44.7 Å². The molecule has 3 heterocycles. The molecule has 2 aromatic rings. The van der Waals surface area contributed by atoms with Gasteiger partial charge in [-0.25, -0.2) is 4.79 Å². The second kappa shape index (κ2) is 5.76. The summed E-state index contributed by atoms with van der Waals surface area (Å²) in [4.78, 5) is 15.2. The summed E-state index contributed by atoms with van der Waals surface area (Å²) in [6, 6.07) is 1.85. The maximum atomic E-state index is 11.1. The van der Waals surface area contributed by atoms with Crippen LogP contribution < -0.4 is 0 Å². The number of nitrogens with zero attached hydrogens (tertiary/aromatic N) is 3. The Morgan fingerprint density at radius 2 is 2.30 bits per heavy atom. The molecule has 122 valence electrons. The molecule has 0 bridgehead atoms. The third-order valence-electron chi connectivity index (χ3n) is 5.18. The Labute approximate surface area is 139 Å². The normalized spacial score (nSPS) is 18.7. The van der Waals surface area contributed by atoms with Crippen molar-refractivity contribution in [2.24, 2.45) is 7.05 Å². The molecule has 0 atom stereocenters. The van der Waals surface area contributed by atoms with E-state index in [-0.39, 0.29) is 0 Å². The van der Waals surface area contributed by atoms with Crippen molar-refractivity contribution in [1.82, 2.24) is 14.7 Å². The molecule has 1 aliphatic heterocycles. The maximum absolute atomic E-state index is 11.1. The van der Waals surface area contributed by atoms with E-state index in [2.05, 4.69) is 10.00 Å². The van der Waals surface area contributed by atoms with Crippen molar-refractivity contribution in [3.63, 3.8) is 0 Å². The summed E-state index contributed by atoms with van der Waals surface area (Å²) in [5, 5.41) is 13.6. The van der Waals surface area contributed by atoms with Crippen LogP contribution in [0.25, 0.3) is 0 Å². The van der Waals surface area contributed by atoms with Gasteiger partial charge in [0.05, 0.1) is 11.9 Å². The number of carboxylic acid groups (broad SMARTS) is 1. The molecule has 2 aliphatic rings. The van der Waals surface area contributed by atoms with Gasteiger partial charge in [-0.1, -0.05) is 6.42 Å². The fourth-order valence-corrected chi connectivity index (χ4v) is 4.65. The average molecular weight is 331 g/mol. The van der Waals surface area contributed by atoms with Gasteiger partial charge in [0.2, 0.25) is 0 Å². The second-order valence-corrected chi connectivity index (χ2v) is 7.76. The molecular weight excluding hydrogens is 310 g/mol. The molecule has 0 saturated heterocycles. The zero-order chi connectivity index (χ0) is 16.0. The Hall–Kier alpha value is -1.66. The van der Waals surface area contributed by atoms with Crippen LogP contribution in [-0.2, 0) is 26.6 Å². The zero-order valence-electron chi connectivity index (χ0n) is 13.3. The predicted octanol–water partition coefficient (Wildman–Crippen LogP) is 3.01. The minimum absolute atomic E-state index is 0.465. The summed E-state index contributed by atoms with van der Waals surface area (Å²) in [6.07, 6.45) is 6.89. The Bertz CT molecular complexity index is 745. The van der Waals surface area contributed by atoms with Crippen molar-refractivity contribution < 1.29 is 9.90 Å². The summed E-state index contributed by atoms with van der Waals surface area (Å²) in [7, 11) is 2.03. The van der Waals surface area contributed by atoms with E-state index >= 15 is 0 Å². The van der Waals surface area contributed by atoms with Crippen molar-refractivity contribution in [3.8, 4) is 0 Å². The van der Waals surface area contributed by atoms with E-state index in [1.807, 2.05) is 24.0 Å². The highest BCUT2D eigenvalue weighted by molar-refractivity contribution is 7.14. The van der Waals surface area contributed by atoms with Crippen molar-refractivity contribution in [2.75, 3.05) is 6.54 Å². The van der Waals surface area contributed by atoms with Crippen LogP contribution in [-0.4, -0.2) is 32.3 Å². The molecule has 5 nitrogen and oxygen atoms in total. The molecule has 0 aromatic carbocycles. The Morgan fingerprint density at radius 1 is 1.48 bits per heavy atom. The van der Waals surface area contributed by atoms with Crippen LogP contribution in [0.4, 0.5) is 0 Å². The first-order valence-electron chi connectivity index (χ1n) is 8.20. The van der Waals surface area contributed by atoms with Gasteiger partial charge in [-0.2, -0.15) is 5.10 Å². The lowest BCUT2D eigenvalue weighted by Crippen LogP contribution is -2.30. The molecule has 6 heteroatoms. The standard InChI is InChI=1S/C17H21N3O2S/c1-19-14(13(8-18-19)11-3-2-4-11)9-20-6-5-12-7-15(17(21)22)23-16(12)10-20/h7-8,11H,2-6,9-10H2,1H3,(H,21,22). The Morgan fingerprint density at radius 3 is 3.00 bits per heavy atom. The number of rotatable bonds is 4. The maximum Gasteiger partial charge on any atom is 0.345 e. The summed E-state index contributed by atoms with van der Waals surface area (Å²) >= 11 is 1.43. The highest BCUT2D eigenvalue weighted by atomic mass is 32.1. The SMILES string of the molecule is Cn1ncc(C2CCC2)c1CN1CCc2cc(C(=O)O)sc2C1. The van der Waals surface area contributed by atoms with Gasteiger partial charge in [-0.05, 0) is 42.4 Å². The molecule has 23 heavy (non-hydrogen) atoms. The number of hydrogen-bond donors (Lipinski definition) is 1. The van der Waals surface area contributed by atoms with Gasteiger partial charge >= 0.3 is 5.97 Å². The van der Waals surface area contributed by atoms with Crippen LogP contribution in [0.5, 0.6) is 0 Å². The van der Waals surface area contributed by atoms with Crippen LogP contribution in [0, 0.1) is 0 Å². The molecule has 0 spiro atoms. The van der Waals surface area contributed by atoms with Gasteiger partial charge < -0.3 is 5.11 Å². The summed E-state index contributed by atoms with van der Waals surface area (Å²) in [5.41, 5.74) is 3.96. The number of aromatic carboxylic acids is 1. The largest absolute Gasteiger partial charge is 0.477 e. The molecule has 1 aliphatic carbocycles. The summed E-state index contributed by atoms with van der Waals surface area (Å²) in [5.74, 6) is -0.116. The number of carboxylic acids is 1. The monoisotopic (exact) mass is 331 g/mol. The molecular formula is C17H21N3O2S. The first-order chi connectivity index (χ1) is 11.1. The van der Waals surface area contributed by atoms with Crippen LogP contribution in [0.3, 0.4) is 0 Å². The first kappa shape index (κ1) is 14.9.